The van der Waals surface area contributed by atoms with Crippen LogP contribution in [0.15, 0.2) is 12.3 Å². The van der Waals surface area contributed by atoms with Crippen molar-refractivity contribution in [1.29, 1.82) is 0 Å². The van der Waals surface area contributed by atoms with Crippen LogP contribution < -0.4 is 5.32 Å². The molecule has 1 saturated heterocycles. The Kier molecular flexibility index (Phi) is 4.94. The Morgan fingerprint density at radius 1 is 1.50 bits per heavy atom. The summed E-state index contributed by atoms with van der Waals surface area (Å²) in [5.74, 6) is 0.0212. The zero-order chi connectivity index (χ0) is 17.1. The Morgan fingerprint density at radius 3 is 2.96 bits per heavy atom. The minimum absolute atomic E-state index is 0.0491. The van der Waals surface area contributed by atoms with E-state index in [9.17, 15) is 14.9 Å². The van der Waals surface area contributed by atoms with Gasteiger partial charge in [-0.3, -0.25) is 10.1 Å². The average Bonchev–Trinajstić information content (AvgIpc) is 3.40. The number of pyridine rings is 1. The van der Waals surface area contributed by atoms with Gasteiger partial charge in [0, 0.05) is 18.8 Å². The molecule has 1 aromatic heterocycles. The molecule has 2 unspecified atom stereocenters. The number of esters is 1. The Hall–Kier alpha value is -2.22. The van der Waals surface area contributed by atoms with Crippen LogP contribution in [0.2, 0.25) is 0 Å². The molecule has 1 aliphatic carbocycles. The third kappa shape index (κ3) is 3.64. The van der Waals surface area contributed by atoms with E-state index in [1.807, 2.05) is 0 Å². The van der Waals surface area contributed by atoms with Gasteiger partial charge in [-0.25, -0.2) is 9.78 Å². The topological polar surface area (TPSA) is 104 Å². The first-order chi connectivity index (χ1) is 11.6. The van der Waals surface area contributed by atoms with E-state index in [2.05, 4.69) is 10.3 Å². The van der Waals surface area contributed by atoms with Crippen molar-refractivity contribution in [1.82, 2.24) is 4.98 Å². The number of hydrogen-bond donors (Lipinski definition) is 1. The number of nitro groups is 1. The first-order valence-corrected chi connectivity index (χ1v) is 8.28. The van der Waals surface area contributed by atoms with Gasteiger partial charge in [0.25, 0.3) is 0 Å². The number of hydrogen-bond acceptors (Lipinski definition) is 7. The largest absolute Gasteiger partial charge is 0.462 e. The average molecular weight is 335 g/mol. The van der Waals surface area contributed by atoms with Crippen LogP contribution in [0.25, 0.3) is 0 Å². The third-order valence-corrected chi connectivity index (χ3v) is 4.41. The van der Waals surface area contributed by atoms with E-state index in [-0.39, 0.29) is 35.8 Å². The zero-order valence-electron chi connectivity index (χ0n) is 13.6. The Bertz CT molecular complexity index is 632. The van der Waals surface area contributed by atoms with E-state index < -0.39 is 10.9 Å². The molecule has 1 aliphatic heterocycles. The van der Waals surface area contributed by atoms with Crippen LogP contribution in [0.5, 0.6) is 0 Å². The summed E-state index contributed by atoms with van der Waals surface area (Å²) in [6.45, 7) is 2.44. The molecule has 8 nitrogen and oxygen atoms in total. The molecule has 0 radical (unpaired) electrons. The number of anilines is 1. The fourth-order valence-corrected chi connectivity index (χ4v) is 3.07. The highest BCUT2D eigenvalue weighted by Gasteiger charge is 2.37. The molecule has 0 bridgehead atoms. The predicted octanol–water partition coefficient (Wildman–Crippen LogP) is 2.54. The summed E-state index contributed by atoms with van der Waals surface area (Å²) in [5, 5.41) is 14.6. The van der Waals surface area contributed by atoms with E-state index in [0.717, 1.165) is 12.8 Å². The molecule has 130 valence electrons. The van der Waals surface area contributed by atoms with Crippen molar-refractivity contribution in [2.45, 2.75) is 44.8 Å². The number of nitrogens with one attached hydrogen (secondary N) is 1. The Balaban J connectivity index is 1.80. The molecule has 24 heavy (non-hydrogen) atoms. The monoisotopic (exact) mass is 335 g/mol. The van der Waals surface area contributed by atoms with Crippen LogP contribution in [-0.2, 0) is 9.47 Å². The lowest BCUT2D eigenvalue weighted by molar-refractivity contribution is -0.384. The quantitative estimate of drug-likeness (QED) is 0.484. The number of carbonyl (C=O) groups is 1. The highest BCUT2D eigenvalue weighted by atomic mass is 16.6. The van der Waals surface area contributed by atoms with Crippen molar-refractivity contribution in [2.24, 2.45) is 5.92 Å². The minimum atomic E-state index is -0.711. The minimum Gasteiger partial charge on any atom is -0.462 e. The van der Waals surface area contributed by atoms with Crippen molar-refractivity contribution in [3.8, 4) is 0 Å². The van der Waals surface area contributed by atoms with Gasteiger partial charge in [0.05, 0.1) is 17.6 Å². The molecule has 0 aromatic carbocycles. The second-order valence-electron chi connectivity index (χ2n) is 6.15. The molecule has 0 amide bonds. The molecular weight excluding hydrogens is 314 g/mol. The second-order valence-corrected chi connectivity index (χ2v) is 6.15. The molecule has 1 aromatic rings. The van der Waals surface area contributed by atoms with Gasteiger partial charge in [-0.2, -0.15) is 0 Å². The van der Waals surface area contributed by atoms with Crippen LogP contribution in [0.1, 0.15) is 43.0 Å². The summed E-state index contributed by atoms with van der Waals surface area (Å²) < 4.78 is 10.7. The van der Waals surface area contributed by atoms with Crippen LogP contribution in [0.4, 0.5) is 11.5 Å². The van der Waals surface area contributed by atoms with Gasteiger partial charge in [-0.15, -0.1) is 0 Å². The van der Waals surface area contributed by atoms with E-state index in [4.69, 9.17) is 9.47 Å². The first kappa shape index (κ1) is 16.6. The van der Waals surface area contributed by atoms with Crippen LogP contribution in [0.3, 0.4) is 0 Å². The van der Waals surface area contributed by atoms with Crippen LogP contribution >= 0.6 is 0 Å². The lowest BCUT2D eigenvalue weighted by Gasteiger charge is -2.30. The summed E-state index contributed by atoms with van der Waals surface area (Å²) in [5.41, 5.74) is -0.407. The molecule has 8 heteroatoms. The molecule has 2 aliphatic rings. The van der Waals surface area contributed by atoms with Crippen molar-refractivity contribution in [3.05, 3.63) is 27.9 Å². The summed E-state index contributed by atoms with van der Waals surface area (Å²) >= 11 is 0. The van der Waals surface area contributed by atoms with Gasteiger partial charge < -0.3 is 14.8 Å². The zero-order valence-corrected chi connectivity index (χ0v) is 13.6. The molecule has 2 atom stereocenters. The fourth-order valence-electron chi connectivity index (χ4n) is 3.07. The van der Waals surface area contributed by atoms with Gasteiger partial charge in [0.1, 0.15) is 5.56 Å². The number of ether oxygens (including phenoxy) is 2. The van der Waals surface area contributed by atoms with Crippen molar-refractivity contribution < 1.29 is 19.2 Å². The SMILES string of the molecule is CCOC(=O)c1ccnc(NC2CCOC(C3CC3)C2)c1[N+](=O)[O-]. The summed E-state index contributed by atoms with van der Waals surface area (Å²) in [6.07, 6.45) is 5.53. The van der Waals surface area contributed by atoms with Gasteiger partial charge in [0.2, 0.25) is 5.82 Å². The van der Waals surface area contributed by atoms with E-state index in [0.29, 0.717) is 12.5 Å². The van der Waals surface area contributed by atoms with Crippen molar-refractivity contribution in [2.75, 3.05) is 18.5 Å². The van der Waals surface area contributed by atoms with Crippen LogP contribution in [0, 0.1) is 16.0 Å². The standard InChI is InChI=1S/C16H21N3O5/c1-2-23-16(20)12-5-7-17-15(14(12)19(21)22)18-11-6-8-24-13(9-11)10-3-4-10/h5,7,10-11,13H,2-4,6,8-9H2,1H3,(H,17,18). The molecular formula is C16H21N3O5. The van der Waals surface area contributed by atoms with Gasteiger partial charge >= 0.3 is 11.7 Å². The molecule has 2 heterocycles. The van der Waals surface area contributed by atoms with Gasteiger partial charge in [-0.05, 0) is 44.6 Å². The number of nitrogens with zero attached hydrogens (tertiary/aromatic N) is 2. The maximum Gasteiger partial charge on any atom is 0.345 e. The third-order valence-electron chi connectivity index (χ3n) is 4.41. The maximum absolute atomic E-state index is 12.0. The molecule has 2 fully saturated rings. The van der Waals surface area contributed by atoms with E-state index in [1.54, 1.807) is 6.92 Å². The highest BCUT2D eigenvalue weighted by molar-refractivity contribution is 5.96. The van der Waals surface area contributed by atoms with Crippen LogP contribution in [-0.4, -0.2) is 41.2 Å². The predicted molar refractivity (Wildman–Crippen MR) is 86.0 cm³/mol. The fraction of sp³-hybridized carbons (Fsp3) is 0.625. The smallest absolute Gasteiger partial charge is 0.345 e. The molecule has 1 saturated carbocycles. The Morgan fingerprint density at radius 2 is 2.29 bits per heavy atom. The molecule has 3 rings (SSSR count). The summed E-state index contributed by atoms with van der Waals surface area (Å²) in [4.78, 5) is 26.9. The van der Waals surface area contributed by atoms with E-state index >= 15 is 0 Å². The highest BCUT2D eigenvalue weighted by Crippen LogP contribution is 2.39. The van der Waals surface area contributed by atoms with E-state index in [1.165, 1.54) is 25.1 Å². The first-order valence-electron chi connectivity index (χ1n) is 8.28. The number of rotatable bonds is 6. The van der Waals surface area contributed by atoms with Gasteiger partial charge in [0.15, 0.2) is 0 Å². The van der Waals surface area contributed by atoms with Gasteiger partial charge in [-0.1, -0.05) is 0 Å². The second kappa shape index (κ2) is 7.12. The normalized spacial score (nSPS) is 23.5. The summed E-state index contributed by atoms with van der Waals surface area (Å²) in [6, 6.07) is 1.37. The lowest BCUT2D eigenvalue weighted by Crippen LogP contribution is -2.35. The number of aromatic nitrogens is 1. The number of carbonyl (C=O) groups excluding carboxylic acids is 1. The molecule has 0 spiro atoms. The molecule has 1 N–H and O–H groups in total. The lowest BCUT2D eigenvalue weighted by atomic mass is 10.00. The van der Waals surface area contributed by atoms with Crippen molar-refractivity contribution in [3.63, 3.8) is 0 Å². The Labute approximate surface area is 139 Å². The summed E-state index contributed by atoms with van der Waals surface area (Å²) in [7, 11) is 0. The van der Waals surface area contributed by atoms with Crippen molar-refractivity contribution >= 4 is 17.5 Å². The maximum atomic E-state index is 12.0.